The van der Waals surface area contributed by atoms with Crippen LogP contribution in [-0.2, 0) is 12.8 Å². The van der Waals surface area contributed by atoms with Gasteiger partial charge in [0.15, 0.2) is 0 Å². The quantitative estimate of drug-likeness (QED) is 0.743. The van der Waals surface area contributed by atoms with E-state index in [4.69, 9.17) is 0 Å². The molecule has 15 heavy (non-hydrogen) atoms. The summed E-state index contributed by atoms with van der Waals surface area (Å²) in [5.41, 5.74) is 3.97. The molecule has 0 saturated carbocycles. The summed E-state index contributed by atoms with van der Waals surface area (Å²) in [5.74, 6) is 0. The van der Waals surface area contributed by atoms with Crippen LogP contribution in [0.5, 0.6) is 0 Å². The molecule has 1 heteroatoms. The Morgan fingerprint density at radius 3 is 2.93 bits per heavy atom. The molecule has 0 bridgehead atoms. The van der Waals surface area contributed by atoms with Gasteiger partial charge >= 0.3 is 0 Å². The van der Waals surface area contributed by atoms with Crippen molar-refractivity contribution in [3.63, 3.8) is 0 Å². The van der Waals surface area contributed by atoms with Gasteiger partial charge in [-0.1, -0.05) is 24.3 Å². The lowest BCUT2D eigenvalue weighted by atomic mass is 10.00. The number of aliphatic hydroxyl groups excluding tert-OH is 1. The molecule has 1 aliphatic carbocycles. The zero-order valence-corrected chi connectivity index (χ0v) is 9.08. The van der Waals surface area contributed by atoms with Crippen LogP contribution in [0.3, 0.4) is 0 Å². The average Bonchev–Trinajstić information content (AvgIpc) is 2.72. The first-order valence-corrected chi connectivity index (χ1v) is 5.72. The van der Waals surface area contributed by atoms with Crippen LogP contribution in [0.25, 0.3) is 0 Å². The highest BCUT2D eigenvalue weighted by atomic mass is 16.3. The van der Waals surface area contributed by atoms with Gasteiger partial charge in [-0.05, 0) is 48.8 Å². The summed E-state index contributed by atoms with van der Waals surface area (Å²) in [6, 6.07) is 6.42. The minimum Gasteiger partial charge on any atom is -0.388 e. The van der Waals surface area contributed by atoms with Gasteiger partial charge in [-0.25, -0.2) is 0 Å². The van der Waals surface area contributed by atoms with E-state index < -0.39 is 0 Å². The third-order valence-electron chi connectivity index (χ3n) is 3.15. The Hall–Kier alpha value is -1.08. The molecule has 0 aliphatic heterocycles. The van der Waals surface area contributed by atoms with Crippen molar-refractivity contribution in [3.05, 3.63) is 47.5 Å². The first-order valence-electron chi connectivity index (χ1n) is 5.72. The second-order valence-corrected chi connectivity index (χ2v) is 4.26. The van der Waals surface area contributed by atoms with Crippen LogP contribution in [0.15, 0.2) is 30.9 Å². The third kappa shape index (κ3) is 2.29. The van der Waals surface area contributed by atoms with Crippen molar-refractivity contribution < 1.29 is 5.11 Å². The fraction of sp³-hybridized carbons (Fsp3) is 0.429. The molecule has 1 unspecified atom stereocenters. The maximum Gasteiger partial charge on any atom is 0.0793 e. The smallest absolute Gasteiger partial charge is 0.0793 e. The van der Waals surface area contributed by atoms with Crippen molar-refractivity contribution in [2.45, 2.75) is 38.2 Å². The van der Waals surface area contributed by atoms with Crippen LogP contribution in [0, 0.1) is 0 Å². The Morgan fingerprint density at radius 2 is 2.13 bits per heavy atom. The van der Waals surface area contributed by atoms with E-state index in [2.05, 4.69) is 24.8 Å². The van der Waals surface area contributed by atoms with E-state index in [-0.39, 0.29) is 6.10 Å². The second kappa shape index (κ2) is 4.63. The Kier molecular flexibility index (Phi) is 3.22. The summed E-state index contributed by atoms with van der Waals surface area (Å²) < 4.78 is 0. The second-order valence-electron chi connectivity index (χ2n) is 4.26. The SMILES string of the molecule is C=CCCC(O)c1ccc2c(c1)CCC2. The monoisotopic (exact) mass is 202 g/mol. The molecular formula is C14H18O. The third-order valence-corrected chi connectivity index (χ3v) is 3.15. The minimum atomic E-state index is -0.325. The first-order chi connectivity index (χ1) is 7.31. The molecule has 1 aromatic rings. The van der Waals surface area contributed by atoms with Crippen molar-refractivity contribution in [2.75, 3.05) is 0 Å². The van der Waals surface area contributed by atoms with Crippen molar-refractivity contribution in [2.24, 2.45) is 0 Å². The molecule has 1 aromatic carbocycles. The van der Waals surface area contributed by atoms with E-state index in [0.29, 0.717) is 0 Å². The van der Waals surface area contributed by atoms with Gasteiger partial charge in [-0.15, -0.1) is 6.58 Å². The van der Waals surface area contributed by atoms with E-state index in [1.54, 1.807) is 0 Å². The molecule has 0 fully saturated rings. The van der Waals surface area contributed by atoms with Crippen molar-refractivity contribution in [1.29, 1.82) is 0 Å². The van der Waals surface area contributed by atoms with E-state index in [1.165, 1.54) is 30.4 Å². The highest BCUT2D eigenvalue weighted by Crippen LogP contribution is 2.26. The van der Waals surface area contributed by atoms with Gasteiger partial charge in [0.2, 0.25) is 0 Å². The van der Waals surface area contributed by atoms with Crippen LogP contribution in [0.1, 0.15) is 42.1 Å². The molecular weight excluding hydrogens is 184 g/mol. The normalized spacial score (nSPS) is 16.1. The number of fused-ring (bicyclic) bond motifs is 1. The number of hydrogen-bond acceptors (Lipinski definition) is 1. The summed E-state index contributed by atoms with van der Waals surface area (Å²) in [5, 5.41) is 9.94. The van der Waals surface area contributed by atoms with Crippen molar-refractivity contribution in [3.8, 4) is 0 Å². The molecule has 0 heterocycles. The predicted molar refractivity (Wildman–Crippen MR) is 62.9 cm³/mol. The standard InChI is InChI=1S/C14H18O/c1-2-3-7-14(15)13-9-8-11-5-4-6-12(11)10-13/h2,8-10,14-15H,1,3-7H2. The summed E-state index contributed by atoms with van der Waals surface area (Å²) in [6.07, 6.45) is 6.84. The summed E-state index contributed by atoms with van der Waals surface area (Å²) in [6.45, 7) is 3.67. The van der Waals surface area contributed by atoms with Crippen LogP contribution < -0.4 is 0 Å². The number of aliphatic hydroxyl groups is 1. The van der Waals surface area contributed by atoms with E-state index in [1.807, 2.05) is 6.08 Å². The topological polar surface area (TPSA) is 20.2 Å². The molecule has 80 valence electrons. The fourth-order valence-corrected chi connectivity index (χ4v) is 2.24. The van der Waals surface area contributed by atoms with Crippen molar-refractivity contribution in [1.82, 2.24) is 0 Å². The van der Waals surface area contributed by atoms with Gasteiger partial charge < -0.3 is 5.11 Å². The van der Waals surface area contributed by atoms with Gasteiger partial charge in [0.1, 0.15) is 0 Å². The molecule has 0 saturated heterocycles. The van der Waals surface area contributed by atoms with Gasteiger partial charge in [0.25, 0.3) is 0 Å². The Bertz CT molecular complexity index is 354. The molecule has 1 aliphatic rings. The molecule has 0 aromatic heterocycles. The summed E-state index contributed by atoms with van der Waals surface area (Å²) in [4.78, 5) is 0. The highest BCUT2D eigenvalue weighted by molar-refractivity contribution is 5.36. The van der Waals surface area contributed by atoms with Crippen LogP contribution in [0.2, 0.25) is 0 Å². The van der Waals surface area contributed by atoms with Crippen molar-refractivity contribution >= 4 is 0 Å². The number of hydrogen-bond donors (Lipinski definition) is 1. The van der Waals surface area contributed by atoms with E-state index in [0.717, 1.165) is 18.4 Å². The Morgan fingerprint density at radius 1 is 1.33 bits per heavy atom. The van der Waals surface area contributed by atoms with Gasteiger partial charge in [0, 0.05) is 0 Å². The average molecular weight is 202 g/mol. The molecule has 1 nitrogen and oxygen atoms in total. The van der Waals surface area contributed by atoms with Crippen LogP contribution in [-0.4, -0.2) is 5.11 Å². The lowest BCUT2D eigenvalue weighted by Crippen LogP contribution is -1.98. The number of rotatable bonds is 4. The zero-order chi connectivity index (χ0) is 10.7. The van der Waals surface area contributed by atoms with Gasteiger partial charge in [-0.3, -0.25) is 0 Å². The Labute approximate surface area is 91.4 Å². The highest BCUT2D eigenvalue weighted by Gasteiger charge is 2.13. The largest absolute Gasteiger partial charge is 0.388 e. The molecule has 0 spiro atoms. The first kappa shape index (κ1) is 10.4. The number of aryl methyl sites for hydroxylation is 2. The van der Waals surface area contributed by atoms with Crippen LogP contribution >= 0.6 is 0 Å². The number of allylic oxidation sites excluding steroid dienone is 1. The van der Waals surface area contributed by atoms with Gasteiger partial charge in [-0.2, -0.15) is 0 Å². The summed E-state index contributed by atoms with van der Waals surface area (Å²) in [7, 11) is 0. The maximum absolute atomic E-state index is 9.94. The van der Waals surface area contributed by atoms with E-state index >= 15 is 0 Å². The molecule has 0 amide bonds. The fourth-order valence-electron chi connectivity index (χ4n) is 2.24. The zero-order valence-electron chi connectivity index (χ0n) is 9.08. The van der Waals surface area contributed by atoms with Gasteiger partial charge in [0.05, 0.1) is 6.10 Å². The number of benzene rings is 1. The summed E-state index contributed by atoms with van der Waals surface area (Å²) >= 11 is 0. The predicted octanol–water partition coefficient (Wildman–Crippen LogP) is 3.17. The Balaban J connectivity index is 2.11. The van der Waals surface area contributed by atoms with E-state index in [9.17, 15) is 5.11 Å². The molecule has 2 rings (SSSR count). The molecule has 0 radical (unpaired) electrons. The maximum atomic E-state index is 9.94. The minimum absolute atomic E-state index is 0.325. The molecule has 1 atom stereocenters. The lowest BCUT2D eigenvalue weighted by Gasteiger charge is -2.11. The lowest BCUT2D eigenvalue weighted by molar-refractivity contribution is 0.168. The van der Waals surface area contributed by atoms with Crippen LogP contribution in [0.4, 0.5) is 0 Å². The molecule has 1 N–H and O–H groups in total.